The standard InChI is InChI=1S/C19H25N3O3/c1-13-17(20-7-4-8-22-11-9-21(2)10-12-22)19(25)16-14(18(13)24)5-3-6-15(16)23/h3,5-7,23-25H,4,8-12H2,1-2H3. The molecule has 25 heavy (non-hydrogen) atoms. The number of nitrogens with zero attached hydrogens (tertiary/aromatic N) is 3. The summed E-state index contributed by atoms with van der Waals surface area (Å²) in [5.41, 5.74) is 0.816. The molecule has 0 spiro atoms. The van der Waals surface area contributed by atoms with Crippen molar-refractivity contribution in [3.8, 4) is 17.2 Å². The first-order valence-corrected chi connectivity index (χ1v) is 8.58. The van der Waals surface area contributed by atoms with Gasteiger partial charge >= 0.3 is 0 Å². The third-order valence-corrected chi connectivity index (χ3v) is 4.86. The Labute approximate surface area is 147 Å². The fourth-order valence-corrected chi connectivity index (χ4v) is 3.22. The summed E-state index contributed by atoms with van der Waals surface area (Å²) >= 11 is 0. The molecule has 0 atom stereocenters. The van der Waals surface area contributed by atoms with Gasteiger partial charge in [-0.05, 0) is 26.5 Å². The molecule has 1 aliphatic rings. The van der Waals surface area contributed by atoms with Crippen molar-refractivity contribution in [3.63, 3.8) is 0 Å². The molecule has 2 aromatic rings. The largest absolute Gasteiger partial charge is 0.507 e. The van der Waals surface area contributed by atoms with Gasteiger partial charge in [0.1, 0.15) is 17.2 Å². The first kappa shape index (κ1) is 17.5. The van der Waals surface area contributed by atoms with Gasteiger partial charge in [0.2, 0.25) is 0 Å². The minimum absolute atomic E-state index is 0.0370. The van der Waals surface area contributed by atoms with Gasteiger partial charge in [-0.2, -0.15) is 0 Å². The zero-order valence-corrected chi connectivity index (χ0v) is 14.7. The van der Waals surface area contributed by atoms with Crippen molar-refractivity contribution in [1.82, 2.24) is 9.80 Å². The topological polar surface area (TPSA) is 79.5 Å². The highest BCUT2D eigenvalue weighted by atomic mass is 16.3. The maximum absolute atomic E-state index is 10.5. The van der Waals surface area contributed by atoms with Crippen LogP contribution in [0.1, 0.15) is 12.0 Å². The van der Waals surface area contributed by atoms with E-state index in [1.54, 1.807) is 25.3 Å². The molecule has 0 saturated carbocycles. The van der Waals surface area contributed by atoms with Gasteiger partial charge < -0.3 is 25.1 Å². The highest BCUT2D eigenvalue weighted by molar-refractivity contribution is 6.02. The van der Waals surface area contributed by atoms with Crippen molar-refractivity contribution in [3.05, 3.63) is 23.8 Å². The first-order valence-electron chi connectivity index (χ1n) is 8.58. The lowest BCUT2D eigenvalue weighted by Gasteiger charge is -2.31. The van der Waals surface area contributed by atoms with Gasteiger partial charge in [0.05, 0.1) is 5.39 Å². The van der Waals surface area contributed by atoms with Crippen LogP contribution in [0.5, 0.6) is 17.2 Å². The minimum atomic E-state index is -0.0979. The number of aromatic hydroxyl groups is 3. The Bertz CT molecular complexity index is 796. The smallest absolute Gasteiger partial charge is 0.153 e. The van der Waals surface area contributed by atoms with Crippen molar-refractivity contribution in [2.45, 2.75) is 13.3 Å². The average Bonchev–Trinajstić information content (AvgIpc) is 2.60. The van der Waals surface area contributed by atoms with E-state index in [2.05, 4.69) is 21.8 Å². The summed E-state index contributed by atoms with van der Waals surface area (Å²) in [7, 11) is 2.13. The molecule has 3 rings (SSSR count). The molecule has 1 fully saturated rings. The van der Waals surface area contributed by atoms with Crippen LogP contribution in [-0.2, 0) is 0 Å². The maximum atomic E-state index is 10.5. The van der Waals surface area contributed by atoms with Crippen molar-refractivity contribution >= 4 is 22.7 Å². The Morgan fingerprint density at radius 2 is 1.80 bits per heavy atom. The van der Waals surface area contributed by atoms with E-state index in [9.17, 15) is 15.3 Å². The monoisotopic (exact) mass is 343 g/mol. The van der Waals surface area contributed by atoms with Crippen LogP contribution in [0.4, 0.5) is 5.69 Å². The van der Waals surface area contributed by atoms with E-state index < -0.39 is 0 Å². The Kier molecular flexibility index (Phi) is 5.11. The van der Waals surface area contributed by atoms with Crippen molar-refractivity contribution < 1.29 is 15.3 Å². The molecule has 1 heterocycles. The summed E-state index contributed by atoms with van der Waals surface area (Å²) in [4.78, 5) is 9.08. The predicted molar refractivity (Wildman–Crippen MR) is 100 cm³/mol. The lowest BCUT2D eigenvalue weighted by Crippen LogP contribution is -2.44. The van der Waals surface area contributed by atoms with Crippen LogP contribution < -0.4 is 0 Å². The molecule has 134 valence electrons. The highest BCUT2D eigenvalue weighted by Crippen LogP contribution is 2.47. The van der Waals surface area contributed by atoms with Crippen molar-refractivity contribution in [2.75, 3.05) is 39.8 Å². The van der Waals surface area contributed by atoms with E-state index >= 15 is 0 Å². The minimum Gasteiger partial charge on any atom is -0.507 e. The van der Waals surface area contributed by atoms with Crippen LogP contribution in [0, 0.1) is 6.92 Å². The number of piperazine rings is 1. The Morgan fingerprint density at radius 3 is 2.52 bits per heavy atom. The second kappa shape index (κ2) is 7.29. The molecule has 1 saturated heterocycles. The van der Waals surface area contributed by atoms with Crippen molar-refractivity contribution in [2.24, 2.45) is 4.99 Å². The van der Waals surface area contributed by atoms with E-state index in [-0.39, 0.29) is 22.6 Å². The number of phenolic OH excluding ortho intramolecular Hbond substituents is 3. The van der Waals surface area contributed by atoms with Crippen LogP contribution in [0.15, 0.2) is 23.2 Å². The number of hydrogen-bond donors (Lipinski definition) is 3. The third-order valence-electron chi connectivity index (χ3n) is 4.86. The molecule has 6 nitrogen and oxygen atoms in total. The van der Waals surface area contributed by atoms with Crippen LogP contribution in [0.3, 0.4) is 0 Å². The SMILES string of the molecule is Cc1c(N=CCCN2CCN(C)CC2)c(O)c2c(O)cccc2c1O. The summed E-state index contributed by atoms with van der Waals surface area (Å²) in [6.07, 6.45) is 2.54. The predicted octanol–water partition coefficient (Wildman–Crippen LogP) is 2.60. The molecular formula is C19H25N3O3. The molecular weight excluding hydrogens is 318 g/mol. The van der Waals surface area contributed by atoms with Gasteiger partial charge in [0.15, 0.2) is 5.75 Å². The fraction of sp³-hybridized carbons (Fsp3) is 0.421. The molecule has 3 N–H and O–H groups in total. The van der Waals surface area contributed by atoms with E-state index in [4.69, 9.17) is 0 Å². The number of phenols is 3. The van der Waals surface area contributed by atoms with Gasteiger partial charge in [0, 0.05) is 49.9 Å². The normalized spacial score (nSPS) is 16.9. The molecule has 0 radical (unpaired) electrons. The number of rotatable bonds is 4. The summed E-state index contributed by atoms with van der Waals surface area (Å²) in [5.74, 6) is -0.131. The van der Waals surface area contributed by atoms with Crippen LogP contribution in [0.25, 0.3) is 10.8 Å². The summed E-state index contributed by atoms with van der Waals surface area (Å²) < 4.78 is 0. The van der Waals surface area contributed by atoms with Crippen LogP contribution in [-0.4, -0.2) is 71.1 Å². The quantitative estimate of drug-likeness (QED) is 0.587. The Balaban J connectivity index is 1.78. The zero-order valence-electron chi connectivity index (χ0n) is 14.7. The summed E-state index contributed by atoms with van der Waals surface area (Å²) in [6, 6.07) is 4.78. The molecule has 0 amide bonds. The lowest BCUT2D eigenvalue weighted by molar-refractivity contribution is 0.157. The Morgan fingerprint density at radius 1 is 1.08 bits per heavy atom. The number of likely N-dealkylation sites (N-methyl/N-ethyl adjacent to an activating group) is 1. The van der Waals surface area contributed by atoms with Gasteiger partial charge in [-0.15, -0.1) is 0 Å². The number of hydrogen-bond acceptors (Lipinski definition) is 6. The lowest BCUT2D eigenvalue weighted by atomic mass is 10.0. The first-order chi connectivity index (χ1) is 12.0. The Hall–Kier alpha value is -2.31. The molecule has 0 unspecified atom stereocenters. The van der Waals surface area contributed by atoms with E-state index in [0.29, 0.717) is 16.6 Å². The van der Waals surface area contributed by atoms with E-state index in [0.717, 1.165) is 39.1 Å². The van der Waals surface area contributed by atoms with Gasteiger partial charge in [0.25, 0.3) is 0 Å². The summed E-state index contributed by atoms with van der Waals surface area (Å²) in [6.45, 7) is 6.90. The second-order valence-electron chi connectivity index (χ2n) is 6.62. The maximum Gasteiger partial charge on any atom is 0.153 e. The summed E-state index contributed by atoms with van der Waals surface area (Å²) in [5, 5.41) is 31.6. The van der Waals surface area contributed by atoms with Gasteiger partial charge in [-0.25, -0.2) is 0 Å². The van der Waals surface area contributed by atoms with Gasteiger partial charge in [-0.1, -0.05) is 12.1 Å². The van der Waals surface area contributed by atoms with Crippen LogP contribution >= 0.6 is 0 Å². The average molecular weight is 343 g/mol. The zero-order chi connectivity index (χ0) is 18.0. The fourth-order valence-electron chi connectivity index (χ4n) is 3.22. The number of aliphatic imine (C=N–C) groups is 1. The second-order valence-corrected chi connectivity index (χ2v) is 6.62. The van der Waals surface area contributed by atoms with E-state index in [1.165, 1.54) is 6.07 Å². The number of benzene rings is 2. The number of fused-ring (bicyclic) bond motifs is 1. The van der Waals surface area contributed by atoms with E-state index in [1.807, 2.05) is 0 Å². The molecule has 2 aromatic carbocycles. The van der Waals surface area contributed by atoms with Gasteiger partial charge in [-0.3, -0.25) is 4.99 Å². The van der Waals surface area contributed by atoms with Crippen LogP contribution in [0.2, 0.25) is 0 Å². The molecule has 0 aromatic heterocycles. The molecule has 6 heteroatoms. The van der Waals surface area contributed by atoms with Crippen molar-refractivity contribution in [1.29, 1.82) is 0 Å². The molecule has 0 bridgehead atoms. The highest BCUT2D eigenvalue weighted by Gasteiger charge is 2.18. The third kappa shape index (κ3) is 3.55. The molecule has 0 aliphatic carbocycles. The molecule has 1 aliphatic heterocycles.